The summed E-state index contributed by atoms with van der Waals surface area (Å²) < 4.78 is 5.54. The third kappa shape index (κ3) is 5.61. The Hall–Kier alpha value is -0.0800. The van der Waals surface area contributed by atoms with Gasteiger partial charge in [-0.1, -0.05) is 33.6 Å². The standard InChI is InChI=1S/C12H27NO/c1-5-8-11(13-10-7-3)12(14-4)9-6-2/h11-13H,5-10H2,1-4H3. The number of hydrogen-bond acceptors (Lipinski definition) is 2. The highest BCUT2D eigenvalue weighted by Gasteiger charge is 2.18. The van der Waals surface area contributed by atoms with E-state index in [9.17, 15) is 0 Å². The first-order valence-electron chi connectivity index (χ1n) is 6.06. The Kier molecular flexibility index (Phi) is 9.42. The molecule has 0 aromatic rings. The molecule has 0 heterocycles. The van der Waals surface area contributed by atoms with Crippen LogP contribution in [0.25, 0.3) is 0 Å². The Morgan fingerprint density at radius 1 is 1.00 bits per heavy atom. The number of nitrogens with one attached hydrogen (secondary N) is 1. The van der Waals surface area contributed by atoms with Crippen LogP contribution < -0.4 is 5.32 Å². The van der Waals surface area contributed by atoms with Crippen molar-refractivity contribution in [2.75, 3.05) is 13.7 Å². The maximum Gasteiger partial charge on any atom is 0.0724 e. The summed E-state index contributed by atoms with van der Waals surface area (Å²) in [5.74, 6) is 0. The smallest absolute Gasteiger partial charge is 0.0724 e. The molecule has 0 saturated heterocycles. The molecule has 0 amide bonds. The number of methoxy groups -OCH3 is 1. The minimum absolute atomic E-state index is 0.395. The molecule has 14 heavy (non-hydrogen) atoms. The monoisotopic (exact) mass is 201 g/mol. The predicted molar refractivity (Wildman–Crippen MR) is 62.7 cm³/mol. The first-order chi connectivity index (χ1) is 6.79. The maximum atomic E-state index is 5.54. The molecule has 0 aromatic carbocycles. The molecular weight excluding hydrogens is 174 g/mol. The SMILES string of the molecule is CCCNC(CCC)C(CCC)OC. The normalized spacial score (nSPS) is 15.4. The maximum absolute atomic E-state index is 5.54. The second-order valence-corrected chi connectivity index (χ2v) is 3.91. The van der Waals surface area contributed by atoms with E-state index in [0.29, 0.717) is 12.1 Å². The first-order valence-corrected chi connectivity index (χ1v) is 6.06. The summed E-state index contributed by atoms with van der Waals surface area (Å²) in [5.41, 5.74) is 0. The zero-order chi connectivity index (χ0) is 10.8. The molecule has 0 aliphatic rings. The summed E-state index contributed by atoms with van der Waals surface area (Å²) in [4.78, 5) is 0. The highest BCUT2D eigenvalue weighted by molar-refractivity contribution is 4.76. The highest BCUT2D eigenvalue weighted by atomic mass is 16.5. The molecule has 2 nitrogen and oxygen atoms in total. The molecule has 0 saturated carbocycles. The third-order valence-electron chi connectivity index (χ3n) is 2.58. The molecule has 2 unspecified atom stereocenters. The van der Waals surface area contributed by atoms with E-state index in [1.54, 1.807) is 0 Å². The number of rotatable bonds is 9. The van der Waals surface area contributed by atoms with Crippen molar-refractivity contribution in [1.29, 1.82) is 0 Å². The van der Waals surface area contributed by atoms with Crippen LogP contribution in [-0.2, 0) is 4.74 Å². The molecule has 0 rings (SSSR count). The first kappa shape index (κ1) is 13.9. The second-order valence-electron chi connectivity index (χ2n) is 3.91. The van der Waals surface area contributed by atoms with Gasteiger partial charge in [0.25, 0.3) is 0 Å². The fraction of sp³-hybridized carbons (Fsp3) is 1.00. The lowest BCUT2D eigenvalue weighted by atomic mass is 10.0. The Bertz CT molecular complexity index is 117. The van der Waals surface area contributed by atoms with E-state index < -0.39 is 0 Å². The molecule has 0 spiro atoms. The molecule has 0 aliphatic heterocycles. The van der Waals surface area contributed by atoms with Gasteiger partial charge >= 0.3 is 0 Å². The summed E-state index contributed by atoms with van der Waals surface area (Å²) in [6, 6.07) is 0.546. The molecule has 0 aromatic heterocycles. The molecule has 0 aliphatic carbocycles. The van der Waals surface area contributed by atoms with Gasteiger partial charge in [0.1, 0.15) is 0 Å². The van der Waals surface area contributed by atoms with Gasteiger partial charge in [-0.05, 0) is 25.8 Å². The van der Waals surface area contributed by atoms with Crippen molar-refractivity contribution in [3.8, 4) is 0 Å². The minimum atomic E-state index is 0.395. The number of hydrogen-bond donors (Lipinski definition) is 1. The van der Waals surface area contributed by atoms with Crippen molar-refractivity contribution in [2.45, 2.75) is 65.0 Å². The quantitative estimate of drug-likeness (QED) is 0.619. The Morgan fingerprint density at radius 2 is 1.64 bits per heavy atom. The zero-order valence-corrected chi connectivity index (χ0v) is 10.3. The van der Waals surface area contributed by atoms with Crippen LogP contribution in [0.4, 0.5) is 0 Å². The van der Waals surface area contributed by atoms with E-state index in [4.69, 9.17) is 4.74 Å². The fourth-order valence-electron chi connectivity index (χ4n) is 1.83. The van der Waals surface area contributed by atoms with E-state index in [1.807, 2.05) is 7.11 Å². The topological polar surface area (TPSA) is 21.3 Å². The van der Waals surface area contributed by atoms with Gasteiger partial charge in [-0.15, -0.1) is 0 Å². The van der Waals surface area contributed by atoms with Crippen molar-refractivity contribution in [1.82, 2.24) is 5.32 Å². The molecule has 0 fully saturated rings. The summed E-state index contributed by atoms with van der Waals surface area (Å²) >= 11 is 0. The Labute approximate surface area is 89.4 Å². The van der Waals surface area contributed by atoms with Crippen LogP contribution in [0.15, 0.2) is 0 Å². The Balaban J connectivity index is 3.97. The second kappa shape index (κ2) is 9.47. The van der Waals surface area contributed by atoms with Gasteiger partial charge in [-0.3, -0.25) is 0 Å². The van der Waals surface area contributed by atoms with Crippen LogP contribution in [0.5, 0.6) is 0 Å². The molecule has 1 N–H and O–H groups in total. The number of ether oxygens (including phenoxy) is 1. The van der Waals surface area contributed by atoms with Gasteiger partial charge in [0.2, 0.25) is 0 Å². The average Bonchev–Trinajstić information content (AvgIpc) is 2.21. The molecule has 0 bridgehead atoms. The van der Waals surface area contributed by atoms with Crippen molar-refractivity contribution >= 4 is 0 Å². The van der Waals surface area contributed by atoms with E-state index in [-0.39, 0.29) is 0 Å². The molecule has 2 heteroatoms. The van der Waals surface area contributed by atoms with Crippen LogP contribution in [0.1, 0.15) is 52.9 Å². The summed E-state index contributed by atoms with van der Waals surface area (Å²) in [5, 5.41) is 3.58. The van der Waals surface area contributed by atoms with Crippen molar-refractivity contribution in [3.63, 3.8) is 0 Å². The van der Waals surface area contributed by atoms with Crippen LogP contribution in [0, 0.1) is 0 Å². The molecule has 0 radical (unpaired) electrons. The fourth-order valence-corrected chi connectivity index (χ4v) is 1.83. The highest BCUT2D eigenvalue weighted by Crippen LogP contribution is 2.11. The van der Waals surface area contributed by atoms with E-state index in [1.165, 1.54) is 25.7 Å². The predicted octanol–water partition coefficient (Wildman–Crippen LogP) is 2.97. The van der Waals surface area contributed by atoms with Gasteiger partial charge in [-0.2, -0.15) is 0 Å². The molecule has 2 atom stereocenters. The van der Waals surface area contributed by atoms with Gasteiger partial charge in [0.05, 0.1) is 6.10 Å². The molecular formula is C12H27NO. The lowest BCUT2D eigenvalue weighted by Crippen LogP contribution is -2.41. The minimum Gasteiger partial charge on any atom is -0.380 e. The average molecular weight is 201 g/mol. The van der Waals surface area contributed by atoms with E-state index in [0.717, 1.165) is 13.0 Å². The van der Waals surface area contributed by atoms with Crippen molar-refractivity contribution in [3.05, 3.63) is 0 Å². The van der Waals surface area contributed by atoms with E-state index in [2.05, 4.69) is 26.1 Å². The van der Waals surface area contributed by atoms with Crippen LogP contribution in [0.3, 0.4) is 0 Å². The van der Waals surface area contributed by atoms with Gasteiger partial charge in [0, 0.05) is 13.2 Å². The van der Waals surface area contributed by atoms with Crippen LogP contribution in [-0.4, -0.2) is 25.8 Å². The van der Waals surface area contributed by atoms with Crippen LogP contribution >= 0.6 is 0 Å². The molecule has 86 valence electrons. The largest absolute Gasteiger partial charge is 0.380 e. The lowest BCUT2D eigenvalue weighted by molar-refractivity contribution is 0.0579. The van der Waals surface area contributed by atoms with E-state index >= 15 is 0 Å². The van der Waals surface area contributed by atoms with Crippen LogP contribution in [0.2, 0.25) is 0 Å². The lowest BCUT2D eigenvalue weighted by Gasteiger charge is -2.26. The van der Waals surface area contributed by atoms with Crippen molar-refractivity contribution < 1.29 is 4.74 Å². The summed E-state index contributed by atoms with van der Waals surface area (Å²) in [6.45, 7) is 7.76. The van der Waals surface area contributed by atoms with Gasteiger partial charge < -0.3 is 10.1 Å². The van der Waals surface area contributed by atoms with Crippen molar-refractivity contribution in [2.24, 2.45) is 0 Å². The summed E-state index contributed by atoms with van der Waals surface area (Å²) in [7, 11) is 1.83. The van der Waals surface area contributed by atoms with Gasteiger partial charge in [-0.25, -0.2) is 0 Å². The Morgan fingerprint density at radius 3 is 2.07 bits per heavy atom. The third-order valence-corrected chi connectivity index (χ3v) is 2.58. The summed E-state index contributed by atoms with van der Waals surface area (Å²) in [6.07, 6.45) is 6.41. The zero-order valence-electron chi connectivity index (χ0n) is 10.3. The van der Waals surface area contributed by atoms with Gasteiger partial charge in [0.15, 0.2) is 0 Å².